The van der Waals surface area contributed by atoms with Gasteiger partial charge in [-0.05, 0) is 24.6 Å². The summed E-state index contributed by atoms with van der Waals surface area (Å²) in [7, 11) is 4.29. The predicted molar refractivity (Wildman–Crippen MR) is 94.0 cm³/mol. The molecule has 0 aromatic heterocycles. The van der Waals surface area contributed by atoms with Crippen LogP contribution in [0.15, 0.2) is 12.1 Å². The molecule has 0 saturated carbocycles. The predicted octanol–water partition coefficient (Wildman–Crippen LogP) is 2.83. The molecule has 1 aromatic rings. The molecule has 1 amide bonds. The third kappa shape index (κ3) is 7.41. The van der Waals surface area contributed by atoms with E-state index < -0.39 is 6.09 Å². The van der Waals surface area contributed by atoms with Crippen LogP contribution in [0.5, 0.6) is 17.2 Å². The molecule has 1 rings (SSSR count). The molecule has 7 heteroatoms. The SMILES string of the molecule is CCC.COC(=O)NCCNC(C)c1cc(OC)c(O)c(OC)c1. The second-order valence-electron chi connectivity index (χ2n) is 5.08. The van der Waals surface area contributed by atoms with Crippen molar-refractivity contribution in [2.24, 2.45) is 0 Å². The molecule has 138 valence electrons. The van der Waals surface area contributed by atoms with Crippen LogP contribution in [0.4, 0.5) is 4.79 Å². The molecule has 0 aliphatic rings. The number of phenols is 1. The quantitative estimate of drug-likeness (QED) is 0.660. The van der Waals surface area contributed by atoms with E-state index in [-0.39, 0.29) is 11.8 Å². The van der Waals surface area contributed by atoms with Crippen molar-refractivity contribution < 1.29 is 24.1 Å². The van der Waals surface area contributed by atoms with Gasteiger partial charge in [0.15, 0.2) is 11.5 Å². The third-order valence-corrected chi connectivity index (χ3v) is 3.03. The summed E-state index contributed by atoms with van der Waals surface area (Å²) in [6, 6.07) is 3.47. The van der Waals surface area contributed by atoms with Crippen molar-refractivity contribution >= 4 is 6.09 Å². The molecule has 24 heavy (non-hydrogen) atoms. The van der Waals surface area contributed by atoms with Gasteiger partial charge < -0.3 is 30.0 Å². The molecule has 1 unspecified atom stereocenters. The summed E-state index contributed by atoms with van der Waals surface area (Å²) in [6.45, 7) is 7.23. The molecule has 0 bridgehead atoms. The number of hydrogen-bond donors (Lipinski definition) is 3. The van der Waals surface area contributed by atoms with Gasteiger partial charge in [-0.2, -0.15) is 0 Å². The first kappa shape index (κ1) is 21.9. The first-order valence-electron chi connectivity index (χ1n) is 7.95. The van der Waals surface area contributed by atoms with Crippen molar-refractivity contribution in [3.63, 3.8) is 0 Å². The Hall–Kier alpha value is -2.15. The number of amides is 1. The maximum absolute atomic E-state index is 10.9. The molecule has 0 fully saturated rings. The molecule has 0 radical (unpaired) electrons. The van der Waals surface area contributed by atoms with Crippen molar-refractivity contribution in [3.05, 3.63) is 17.7 Å². The maximum atomic E-state index is 10.9. The Morgan fingerprint density at radius 3 is 2.04 bits per heavy atom. The van der Waals surface area contributed by atoms with Crippen LogP contribution >= 0.6 is 0 Å². The van der Waals surface area contributed by atoms with Crippen LogP contribution in [0, 0.1) is 0 Å². The maximum Gasteiger partial charge on any atom is 0.406 e. The van der Waals surface area contributed by atoms with Gasteiger partial charge in [0.05, 0.1) is 21.3 Å². The molecule has 0 aliphatic carbocycles. The van der Waals surface area contributed by atoms with Gasteiger partial charge in [0.1, 0.15) is 0 Å². The van der Waals surface area contributed by atoms with E-state index in [0.717, 1.165) is 5.56 Å². The Morgan fingerprint density at radius 2 is 1.62 bits per heavy atom. The Kier molecular flexibility index (Phi) is 11.2. The summed E-state index contributed by atoms with van der Waals surface area (Å²) in [6.07, 6.45) is 0.789. The number of nitrogens with one attached hydrogen (secondary N) is 2. The van der Waals surface area contributed by atoms with E-state index in [1.807, 2.05) is 6.92 Å². The molecular formula is C17H30N2O5. The van der Waals surface area contributed by atoms with Crippen LogP contribution in [0.2, 0.25) is 0 Å². The fourth-order valence-electron chi connectivity index (χ4n) is 1.81. The Morgan fingerprint density at radius 1 is 1.12 bits per heavy atom. The Balaban J connectivity index is 0.00000163. The monoisotopic (exact) mass is 342 g/mol. The van der Waals surface area contributed by atoms with E-state index in [4.69, 9.17) is 9.47 Å². The zero-order valence-corrected chi connectivity index (χ0v) is 15.4. The topological polar surface area (TPSA) is 89.1 Å². The highest BCUT2D eigenvalue weighted by Crippen LogP contribution is 2.38. The largest absolute Gasteiger partial charge is 0.502 e. The molecule has 3 N–H and O–H groups in total. The van der Waals surface area contributed by atoms with Crippen molar-refractivity contribution in [3.8, 4) is 17.2 Å². The van der Waals surface area contributed by atoms with Gasteiger partial charge >= 0.3 is 6.09 Å². The third-order valence-electron chi connectivity index (χ3n) is 3.03. The molecule has 0 spiro atoms. The minimum Gasteiger partial charge on any atom is -0.502 e. The van der Waals surface area contributed by atoms with E-state index in [2.05, 4.69) is 29.2 Å². The van der Waals surface area contributed by atoms with Crippen molar-refractivity contribution in [1.82, 2.24) is 10.6 Å². The fourth-order valence-corrected chi connectivity index (χ4v) is 1.81. The lowest BCUT2D eigenvalue weighted by atomic mass is 10.1. The van der Waals surface area contributed by atoms with Crippen molar-refractivity contribution in [1.29, 1.82) is 0 Å². The first-order chi connectivity index (χ1) is 11.4. The van der Waals surface area contributed by atoms with E-state index >= 15 is 0 Å². The minimum absolute atomic E-state index is 0.00662. The summed E-state index contributed by atoms with van der Waals surface area (Å²) in [5.41, 5.74) is 0.902. The molecule has 7 nitrogen and oxygen atoms in total. The highest BCUT2D eigenvalue weighted by molar-refractivity contribution is 5.66. The fraction of sp³-hybridized carbons (Fsp3) is 0.588. The molecule has 1 atom stereocenters. The summed E-state index contributed by atoms with van der Waals surface area (Å²) >= 11 is 0. The van der Waals surface area contributed by atoms with Crippen LogP contribution in [0.1, 0.15) is 38.8 Å². The minimum atomic E-state index is -0.461. The van der Waals surface area contributed by atoms with Crippen LogP contribution in [-0.4, -0.2) is 45.6 Å². The van der Waals surface area contributed by atoms with Crippen LogP contribution in [-0.2, 0) is 4.74 Å². The number of carbonyl (C=O) groups is 1. The van der Waals surface area contributed by atoms with Gasteiger partial charge in [0.2, 0.25) is 5.75 Å². The van der Waals surface area contributed by atoms with Crippen molar-refractivity contribution in [2.75, 3.05) is 34.4 Å². The molecule has 0 aliphatic heterocycles. The zero-order chi connectivity index (χ0) is 18.5. The number of alkyl carbamates (subject to hydrolysis) is 1. The number of methoxy groups -OCH3 is 3. The molecule has 1 aromatic carbocycles. The number of aromatic hydroxyl groups is 1. The van der Waals surface area contributed by atoms with Gasteiger partial charge in [-0.15, -0.1) is 0 Å². The Bertz CT molecular complexity index is 469. The normalized spacial score (nSPS) is 10.9. The lowest BCUT2D eigenvalue weighted by Crippen LogP contribution is -2.32. The van der Waals surface area contributed by atoms with Gasteiger partial charge in [-0.25, -0.2) is 4.79 Å². The number of benzene rings is 1. The standard InChI is InChI=1S/C14H22N2O5.C3H8/c1-9(15-5-6-16-14(18)21-4)10-7-11(19-2)13(17)12(8-10)20-3;1-3-2/h7-9,15,17H,5-6H2,1-4H3,(H,16,18);3H2,1-2H3. The highest BCUT2D eigenvalue weighted by atomic mass is 16.5. The second kappa shape index (κ2) is 12.3. The number of phenolic OH excluding ortho intramolecular Hbond substituents is 1. The Labute approximate surface area is 144 Å². The van der Waals surface area contributed by atoms with Gasteiger partial charge in [-0.1, -0.05) is 20.3 Å². The number of rotatable bonds is 7. The van der Waals surface area contributed by atoms with E-state index in [0.29, 0.717) is 24.6 Å². The van der Waals surface area contributed by atoms with E-state index in [1.54, 1.807) is 12.1 Å². The van der Waals surface area contributed by atoms with E-state index in [9.17, 15) is 9.90 Å². The highest BCUT2D eigenvalue weighted by Gasteiger charge is 2.14. The summed E-state index contributed by atoms with van der Waals surface area (Å²) in [4.78, 5) is 10.9. The van der Waals surface area contributed by atoms with E-state index in [1.165, 1.54) is 27.8 Å². The lowest BCUT2D eigenvalue weighted by Gasteiger charge is -2.17. The average molecular weight is 342 g/mol. The number of hydrogen-bond acceptors (Lipinski definition) is 6. The summed E-state index contributed by atoms with van der Waals surface area (Å²) in [5, 5.41) is 15.7. The first-order valence-corrected chi connectivity index (χ1v) is 7.95. The molecule has 0 saturated heterocycles. The van der Waals surface area contributed by atoms with Crippen molar-refractivity contribution in [2.45, 2.75) is 33.2 Å². The summed E-state index contributed by atoms with van der Waals surface area (Å²) in [5.74, 6) is 0.680. The van der Waals surface area contributed by atoms with Gasteiger partial charge in [0.25, 0.3) is 0 Å². The average Bonchev–Trinajstić information content (AvgIpc) is 2.59. The summed E-state index contributed by atoms with van der Waals surface area (Å²) < 4.78 is 14.7. The number of carbonyl (C=O) groups excluding carboxylic acids is 1. The zero-order valence-electron chi connectivity index (χ0n) is 15.4. The van der Waals surface area contributed by atoms with Gasteiger partial charge in [0, 0.05) is 19.1 Å². The van der Waals surface area contributed by atoms with Crippen LogP contribution in [0.3, 0.4) is 0 Å². The second-order valence-corrected chi connectivity index (χ2v) is 5.08. The van der Waals surface area contributed by atoms with Crippen LogP contribution < -0.4 is 20.1 Å². The number of ether oxygens (including phenoxy) is 3. The molecular weight excluding hydrogens is 312 g/mol. The van der Waals surface area contributed by atoms with Gasteiger partial charge in [-0.3, -0.25) is 0 Å². The lowest BCUT2D eigenvalue weighted by molar-refractivity contribution is 0.171. The van der Waals surface area contributed by atoms with Crippen LogP contribution in [0.25, 0.3) is 0 Å². The molecule has 0 heterocycles. The smallest absolute Gasteiger partial charge is 0.406 e.